The van der Waals surface area contributed by atoms with Crippen LogP contribution < -0.4 is 0 Å². The lowest BCUT2D eigenvalue weighted by Crippen LogP contribution is -2.17. The van der Waals surface area contributed by atoms with E-state index in [2.05, 4.69) is 32.6 Å². The molecule has 20 heavy (non-hydrogen) atoms. The molecule has 2 nitrogen and oxygen atoms in total. The molecule has 2 rings (SSSR count). The van der Waals surface area contributed by atoms with Crippen LogP contribution >= 0.6 is 45.8 Å². The molecule has 0 unspecified atom stereocenters. The van der Waals surface area contributed by atoms with Crippen LogP contribution in [0.3, 0.4) is 0 Å². The highest BCUT2D eigenvalue weighted by Crippen LogP contribution is 2.33. The molecule has 1 aromatic carbocycles. The van der Waals surface area contributed by atoms with Crippen molar-refractivity contribution >= 4 is 45.8 Å². The summed E-state index contributed by atoms with van der Waals surface area (Å²) in [7, 11) is 0. The number of halogens is 4. The van der Waals surface area contributed by atoms with Gasteiger partial charge in [-0.3, -0.25) is 0 Å². The molecule has 0 fully saturated rings. The summed E-state index contributed by atoms with van der Waals surface area (Å²) < 4.78 is 14.9. The molecular weight excluding hydrogens is 413 g/mol. The number of nitrogens with zero attached hydrogens (tertiary/aromatic N) is 2. The molecule has 0 aliphatic rings. The summed E-state index contributed by atoms with van der Waals surface area (Å²) in [6.07, 6.45) is 0. The summed E-state index contributed by atoms with van der Waals surface area (Å²) in [5.74, 6) is -0.286. The zero-order chi connectivity index (χ0) is 15.1. The lowest BCUT2D eigenvalue weighted by molar-refractivity contribution is 0.563. The van der Waals surface area contributed by atoms with E-state index in [1.807, 2.05) is 20.8 Å². The van der Waals surface area contributed by atoms with Crippen molar-refractivity contribution in [3.63, 3.8) is 0 Å². The molecule has 0 atom stereocenters. The highest BCUT2D eigenvalue weighted by molar-refractivity contribution is 14.1. The first-order chi connectivity index (χ1) is 9.21. The van der Waals surface area contributed by atoms with Crippen LogP contribution in [0.1, 0.15) is 26.5 Å². The summed E-state index contributed by atoms with van der Waals surface area (Å²) in [6, 6.07) is 4.73. The van der Waals surface area contributed by atoms with E-state index in [0.717, 1.165) is 9.26 Å². The Morgan fingerprint density at radius 2 is 1.80 bits per heavy atom. The minimum Gasteiger partial charge on any atom is -0.231 e. The quantitative estimate of drug-likeness (QED) is 0.446. The van der Waals surface area contributed by atoms with Gasteiger partial charge in [0.1, 0.15) is 5.15 Å². The predicted molar refractivity (Wildman–Crippen MR) is 88.9 cm³/mol. The Bertz CT molecular complexity index is 669. The van der Waals surface area contributed by atoms with E-state index >= 15 is 0 Å². The van der Waals surface area contributed by atoms with Crippen molar-refractivity contribution in [2.75, 3.05) is 0 Å². The van der Waals surface area contributed by atoms with Crippen molar-refractivity contribution in [3.8, 4) is 11.4 Å². The maximum atomic E-state index is 14.1. The fraction of sp³-hybridized carbons (Fsp3) is 0.286. The average Bonchev–Trinajstić information content (AvgIpc) is 2.34. The van der Waals surface area contributed by atoms with Crippen molar-refractivity contribution in [2.45, 2.75) is 26.2 Å². The third kappa shape index (κ3) is 3.07. The Hall–Kier alpha value is -0.460. The Labute approximate surface area is 140 Å². The van der Waals surface area contributed by atoms with E-state index in [1.165, 1.54) is 6.07 Å². The zero-order valence-corrected chi connectivity index (χ0v) is 14.8. The number of aromatic nitrogens is 2. The van der Waals surface area contributed by atoms with E-state index in [4.69, 9.17) is 23.2 Å². The van der Waals surface area contributed by atoms with Crippen molar-refractivity contribution in [1.29, 1.82) is 0 Å². The molecule has 106 valence electrons. The van der Waals surface area contributed by atoms with Gasteiger partial charge in [0.2, 0.25) is 0 Å². The summed E-state index contributed by atoms with van der Waals surface area (Å²) in [5, 5.41) is 0.359. The average molecular weight is 425 g/mol. The number of rotatable bonds is 1. The van der Waals surface area contributed by atoms with Gasteiger partial charge in [0.15, 0.2) is 11.6 Å². The van der Waals surface area contributed by atoms with Gasteiger partial charge in [-0.1, -0.05) is 50.0 Å². The second-order valence-electron chi connectivity index (χ2n) is 5.35. The summed E-state index contributed by atoms with van der Waals surface area (Å²) in [5.41, 5.74) is 0.821. The normalized spacial score (nSPS) is 11.8. The van der Waals surface area contributed by atoms with Crippen LogP contribution in [-0.4, -0.2) is 9.97 Å². The number of hydrogen-bond donors (Lipinski definition) is 0. The first-order valence-electron chi connectivity index (χ1n) is 5.89. The highest BCUT2D eigenvalue weighted by atomic mass is 127. The fourth-order valence-electron chi connectivity index (χ4n) is 1.71. The SMILES string of the molecule is CC(C)(C)c1nc(-c2cccc(Cl)c2F)nc(Cl)c1I. The molecule has 0 N–H and O–H groups in total. The van der Waals surface area contributed by atoms with Gasteiger partial charge in [-0.25, -0.2) is 14.4 Å². The van der Waals surface area contributed by atoms with Crippen molar-refractivity contribution in [1.82, 2.24) is 9.97 Å². The second-order valence-corrected chi connectivity index (χ2v) is 7.20. The smallest absolute Gasteiger partial charge is 0.164 e. The minimum atomic E-state index is -0.536. The molecule has 6 heteroatoms. The maximum absolute atomic E-state index is 14.1. The monoisotopic (exact) mass is 424 g/mol. The fourth-order valence-corrected chi connectivity index (χ4v) is 3.11. The Morgan fingerprint density at radius 1 is 1.15 bits per heavy atom. The number of hydrogen-bond acceptors (Lipinski definition) is 2. The maximum Gasteiger partial charge on any atom is 0.164 e. The van der Waals surface area contributed by atoms with Gasteiger partial charge in [-0.15, -0.1) is 0 Å². The lowest BCUT2D eigenvalue weighted by atomic mass is 9.92. The van der Waals surface area contributed by atoms with Gasteiger partial charge in [-0.2, -0.15) is 0 Å². The van der Waals surface area contributed by atoms with Crippen LogP contribution in [0.15, 0.2) is 18.2 Å². The van der Waals surface area contributed by atoms with Crippen molar-refractivity contribution < 1.29 is 4.39 Å². The van der Waals surface area contributed by atoms with E-state index in [-0.39, 0.29) is 21.8 Å². The second kappa shape index (κ2) is 5.73. The first kappa shape index (κ1) is 15.9. The third-order valence-corrected chi connectivity index (χ3v) is 4.62. The minimum absolute atomic E-state index is 0.0399. The van der Waals surface area contributed by atoms with Gasteiger partial charge in [0.05, 0.1) is 19.9 Å². The molecule has 0 radical (unpaired) electrons. The molecule has 0 saturated heterocycles. The predicted octanol–water partition coefficient (Wildman–Crippen LogP) is 5.49. The standard InChI is InChI=1S/C14H12Cl2FIN2/c1-14(2,3)11-10(18)12(16)20-13(19-11)7-5-4-6-8(15)9(7)17/h4-6H,1-3H3. The van der Waals surface area contributed by atoms with Gasteiger partial charge < -0.3 is 0 Å². The van der Waals surface area contributed by atoms with Crippen LogP contribution in [0.25, 0.3) is 11.4 Å². The number of benzene rings is 1. The molecule has 1 heterocycles. The molecule has 0 bridgehead atoms. The molecule has 1 aromatic heterocycles. The zero-order valence-electron chi connectivity index (χ0n) is 11.1. The largest absolute Gasteiger partial charge is 0.231 e. The highest BCUT2D eigenvalue weighted by Gasteiger charge is 2.24. The topological polar surface area (TPSA) is 25.8 Å². The molecule has 0 saturated carbocycles. The Balaban J connectivity index is 2.71. The van der Waals surface area contributed by atoms with E-state index in [9.17, 15) is 4.39 Å². The third-order valence-electron chi connectivity index (χ3n) is 2.71. The van der Waals surface area contributed by atoms with Crippen molar-refractivity contribution in [2.24, 2.45) is 0 Å². The van der Waals surface area contributed by atoms with E-state index < -0.39 is 5.82 Å². The van der Waals surface area contributed by atoms with Crippen molar-refractivity contribution in [3.05, 3.63) is 43.5 Å². The van der Waals surface area contributed by atoms with Crippen LogP contribution in [0, 0.1) is 9.39 Å². The van der Waals surface area contributed by atoms with Gasteiger partial charge in [-0.05, 0) is 34.7 Å². The molecular formula is C14H12Cl2FIN2. The summed E-state index contributed by atoms with van der Waals surface area (Å²) in [6.45, 7) is 6.06. The summed E-state index contributed by atoms with van der Waals surface area (Å²) >= 11 is 14.1. The van der Waals surface area contributed by atoms with Crippen LogP contribution in [0.2, 0.25) is 10.2 Å². The van der Waals surface area contributed by atoms with E-state index in [1.54, 1.807) is 12.1 Å². The first-order valence-corrected chi connectivity index (χ1v) is 7.73. The molecule has 0 spiro atoms. The molecule has 0 amide bonds. The van der Waals surface area contributed by atoms with Gasteiger partial charge in [0.25, 0.3) is 0 Å². The van der Waals surface area contributed by atoms with Gasteiger partial charge >= 0.3 is 0 Å². The molecule has 2 aromatic rings. The molecule has 0 aliphatic heterocycles. The summed E-state index contributed by atoms with van der Waals surface area (Å²) in [4.78, 5) is 8.64. The van der Waals surface area contributed by atoms with Crippen LogP contribution in [-0.2, 0) is 5.41 Å². The Kier molecular flexibility index (Phi) is 4.56. The van der Waals surface area contributed by atoms with Crippen LogP contribution in [0.5, 0.6) is 0 Å². The molecule has 0 aliphatic carbocycles. The Morgan fingerprint density at radius 3 is 2.40 bits per heavy atom. The van der Waals surface area contributed by atoms with Gasteiger partial charge in [0, 0.05) is 5.41 Å². The lowest BCUT2D eigenvalue weighted by Gasteiger charge is -2.20. The van der Waals surface area contributed by atoms with E-state index in [0.29, 0.717) is 5.15 Å². The van der Waals surface area contributed by atoms with Crippen LogP contribution in [0.4, 0.5) is 4.39 Å².